The van der Waals surface area contributed by atoms with Gasteiger partial charge in [0, 0.05) is 10.6 Å². The molecule has 0 bridgehead atoms. The van der Waals surface area contributed by atoms with Crippen molar-refractivity contribution in [3.8, 4) is 0 Å². The van der Waals surface area contributed by atoms with E-state index >= 15 is 0 Å². The van der Waals surface area contributed by atoms with Gasteiger partial charge in [0.15, 0.2) is 0 Å². The van der Waals surface area contributed by atoms with Crippen LogP contribution in [0.2, 0.25) is 0 Å². The number of halogens is 1. The normalized spacial score (nSPS) is 10.3. The molecule has 0 aliphatic carbocycles. The van der Waals surface area contributed by atoms with Crippen LogP contribution < -0.4 is 5.32 Å². The van der Waals surface area contributed by atoms with Crippen LogP contribution in [0.5, 0.6) is 0 Å². The van der Waals surface area contributed by atoms with Gasteiger partial charge >= 0.3 is 0 Å². The van der Waals surface area contributed by atoms with Crippen molar-refractivity contribution in [3.05, 3.63) is 46.2 Å². The Hall–Kier alpha value is -1.42. The highest BCUT2D eigenvalue weighted by Crippen LogP contribution is 2.15. The zero-order valence-electron chi connectivity index (χ0n) is 8.33. The quantitative estimate of drug-likeness (QED) is 0.862. The van der Waals surface area contributed by atoms with Crippen LogP contribution in [-0.2, 0) is 6.54 Å². The predicted molar refractivity (Wildman–Crippen MR) is 60.6 cm³/mol. The van der Waals surface area contributed by atoms with Gasteiger partial charge in [0.1, 0.15) is 5.82 Å². The Labute approximate surface area is 91.8 Å². The topological polar surface area (TPSA) is 24.9 Å². The number of nitrogens with zero attached hydrogens (tertiary/aromatic N) is 1. The number of hydrogen-bond donors (Lipinski definition) is 1. The number of anilines is 1. The Morgan fingerprint density at radius 2 is 2.07 bits per heavy atom. The van der Waals surface area contributed by atoms with Gasteiger partial charge in [0.05, 0.1) is 17.7 Å². The first-order chi connectivity index (χ1) is 7.25. The summed E-state index contributed by atoms with van der Waals surface area (Å²) in [7, 11) is 0. The maximum absolute atomic E-state index is 12.6. The molecule has 1 heterocycles. The maximum atomic E-state index is 12.6. The second-order valence-electron chi connectivity index (χ2n) is 3.22. The van der Waals surface area contributed by atoms with Crippen LogP contribution in [0, 0.1) is 12.7 Å². The Bertz CT molecular complexity index is 436. The van der Waals surface area contributed by atoms with E-state index in [-0.39, 0.29) is 5.82 Å². The van der Waals surface area contributed by atoms with Crippen LogP contribution in [0.1, 0.15) is 10.6 Å². The van der Waals surface area contributed by atoms with Crippen molar-refractivity contribution in [2.75, 3.05) is 5.32 Å². The van der Waals surface area contributed by atoms with E-state index in [9.17, 15) is 4.39 Å². The Morgan fingerprint density at radius 1 is 1.33 bits per heavy atom. The third kappa shape index (κ3) is 2.53. The largest absolute Gasteiger partial charge is 0.380 e. The molecule has 2 aromatic rings. The molecule has 1 aromatic heterocycles. The molecule has 0 unspecified atom stereocenters. The van der Waals surface area contributed by atoms with Gasteiger partial charge in [-0.25, -0.2) is 9.37 Å². The number of nitrogens with one attached hydrogen (secondary N) is 1. The van der Waals surface area contributed by atoms with Gasteiger partial charge in [0.25, 0.3) is 0 Å². The fraction of sp³-hybridized carbons (Fsp3) is 0.182. The first-order valence-electron chi connectivity index (χ1n) is 4.64. The molecule has 78 valence electrons. The molecule has 2 rings (SSSR count). The highest BCUT2D eigenvalue weighted by atomic mass is 32.1. The summed E-state index contributed by atoms with van der Waals surface area (Å²) in [5, 5.41) is 3.22. The number of benzene rings is 1. The molecule has 0 saturated heterocycles. The lowest BCUT2D eigenvalue weighted by molar-refractivity contribution is 0.628. The summed E-state index contributed by atoms with van der Waals surface area (Å²) in [6, 6.07) is 6.35. The maximum Gasteiger partial charge on any atom is 0.123 e. The molecular weight excluding hydrogens is 211 g/mol. The van der Waals surface area contributed by atoms with Crippen molar-refractivity contribution >= 4 is 17.0 Å². The van der Waals surface area contributed by atoms with E-state index in [1.807, 2.05) is 12.4 Å². The van der Waals surface area contributed by atoms with E-state index in [4.69, 9.17) is 0 Å². The third-order valence-corrected chi connectivity index (χ3v) is 3.08. The molecule has 15 heavy (non-hydrogen) atoms. The zero-order chi connectivity index (χ0) is 10.7. The summed E-state index contributed by atoms with van der Waals surface area (Å²) in [6.45, 7) is 2.72. The molecule has 1 N–H and O–H groups in total. The highest BCUT2D eigenvalue weighted by molar-refractivity contribution is 7.09. The Balaban J connectivity index is 1.99. The van der Waals surface area contributed by atoms with Crippen LogP contribution in [0.25, 0.3) is 0 Å². The Morgan fingerprint density at radius 3 is 2.67 bits per heavy atom. The van der Waals surface area contributed by atoms with Crippen LogP contribution in [-0.4, -0.2) is 4.98 Å². The van der Waals surface area contributed by atoms with Gasteiger partial charge in [-0.15, -0.1) is 11.3 Å². The molecule has 2 nitrogen and oxygen atoms in total. The number of aromatic nitrogens is 1. The second-order valence-corrected chi connectivity index (χ2v) is 4.16. The van der Waals surface area contributed by atoms with Gasteiger partial charge in [-0.1, -0.05) is 0 Å². The SMILES string of the molecule is Cc1ncsc1CNc1ccc(F)cc1. The molecule has 0 radical (unpaired) electrons. The van der Waals surface area contributed by atoms with Crippen molar-refractivity contribution in [1.82, 2.24) is 4.98 Å². The molecule has 0 atom stereocenters. The first kappa shape index (κ1) is 10.1. The van der Waals surface area contributed by atoms with Crippen LogP contribution in [0.4, 0.5) is 10.1 Å². The number of aryl methyl sites for hydroxylation is 1. The smallest absolute Gasteiger partial charge is 0.123 e. The molecule has 0 aliphatic rings. The lowest BCUT2D eigenvalue weighted by Gasteiger charge is -2.04. The monoisotopic (exact) mass is 222 g/mol. The minimum absolute atomic E-state index is 0.213. The minimum Gasteiger partial charge on any atom is -0.380 e. The van der Waals surface area contributed by atoms with Crippen molar-refractivity contribution in [2.45, 2.75) is 13.5 Å². The van der Waals surface area contributed by atoms with Crippen molar-refractivity contribution < 1.29 is 4.39 Å². The molecule has 1 aromatic carbocycles. The lowest BCUT2D eigenvalue weighted by atomic mass is 10.3. The summed E-state index contributed by atoms with van der Waals surface area (Å²) in [5.41, 5.74) is 3.80. The van der Waals surface area contributed by atoms with Crippen LogP contribution in [0.15, 0.2) is 29.8 Å². The zero-order valence-corrected chi connectivity index (χ0v) is 9.14. The van der Waals surface area contributed by atoms with E-state index in [0.717, 1.165) is 17.9 Å². The van der Waals surface area contributed by atoms with E-state index in [1.165, 1.54) is 17.0 Å². The molecule has 0 spiro atoms. The molecule has 4 heteroatoms. The highest BCUT2D eigenvalue weighted by Gasteiger charge is 2.00. The average Bonchev–Trinajstić information content (AvgIpc) is 2.63. The van der Waals surface area contributed by atoms with Gasteiger partial charge < -0.3 is 5.32 Å². The van der Waals surface area contributed by atoms with Crippen molar-refractivity contribution in [1.29, 1.82) is 0 Å². The van der Waals surface area contributed by atoms with Crippen molar-refractivity contribution in [3.63, 3.8) is 0 Å². The van der Waals surface area contributed by atoms with Gasteiger partial charge in [-0.2, -0.15) is 0 Å². The summed E-state index contributed by atoms with van der Waals surface area (Å²) >= 11 is 1.62. The summed E-state index contributed by atoms with van der Waals surface area (Å²) < 4.78 is 12.6. The second kappa shape index (κ2) is 4.40. The lowest BCUT2D eigenvalue weighted by Crippen LogP contribution is -1.98. The number of hydrogen-bond acceptors (Lipinski definition) is 3. The molecule has 0 amide bonds. The number of rotatable bonds is 3. The van der Waals surface area contributed by atoms with Gasteiger partial charge in [-0.05, 0) is 31.2 Å². The average molecular weight is 222 g/mol. The molecule has 0 fully saturated rings. The molecule has 0 aliphatic heterocycles. The summed E-state index contributed by atoms with van der Waals surface area (Å²) in [6.07, 6.45) is 0. The van der Waals surface area contributed by atoms with E-state index < -0.39 is 0 Å². The fourth-order valence-electron chi connectivity index (χ4n) is 1.25. The summed E-state index contributed by atoms with van der Waals surface area (Å²) in [4.78, 5) is 5.37. The van der Waals surface area contributed by atoms with Crippen LogP contribution in [0.3, 0.4) is 0 Å². The van der Waals surface area contributed by atoms with E-state index in [0.29, 0.717) is 0 Å². The summed E-state index contributed by atoms with van der Waals surface area (Å²) in [5.74, 6) is -0.213. The molecule has 0 saturated carbocycles. The number of thiazole rings is 1. The Kier molecular flexibility index (Phi) is 2.97. The van der Waals surface area contributed by atoms with Crippen molar-refractivity contribution in [2.24, 2.45) is 0 Å². The van der Waals surface area contributed by atoms with Gasteiger partial charge in [0.2, 0.25) is 0 Å². The third-order valence-electron chi connectivity index (χ3n) is 2.14. The van der Waals surface area contributed by atoms with Gasteiger partial charge in [-0.3, -0.25) is 0 Å². The first-order valence-corrected chi connectivity index (χ1v) is 5.52. The standard InChI is InChI=1S/C11H11FN2S/c1-8-11(15-7-14-8)6-13-10-4-2-9(12)3-5-10/h2-5,7,13H,6H2,1H3. The van der Waals surface area contributed by atoms with Crippen LogP contribution >= 0.6 is 11.3 Å². The molecular formula is C11H11FN2S. The predicted octanol–water partition coefficient (Wildman–Crippen LogP) is 3.20. The van der Waals surface area contributed by atoms with E-state index in [2.05, 4.69) is 10.3 Å². The minimum atomic E-state index is -0.213. The van der Waals surface area contributed by atoms with E-state index in [1.54, 1.807) is 23.5 Å². The fourth-order valence-corrected chi connectivity index (χ4v) is 1.96.